The third kappa shape index (κ3) is 12.8. The van der Waals surface area contributed by atoms with E-state index in [1.54, 1.807) is 19.9 Å². The second kappa shape index (κ2) is 23.5. The normalized spacial score (nSPS) is 14.6. The van der Waals surface area contributed by atoms with Gasteiger partial charge in [0.05, 0.1) is 12.0 Å². The first-order valence-corrected chi connectivity index (χ1v) is 24.0. The van der Waals surface area contributed by atoms with Crippen molar-refractivity contribution in [1.29, 1.82) is 0 Å². The number of anilines is 3. The minimum Gasteiger partial charge on any atom is -0.399 e. The van der Waals surface area contributed by atoms with E-state index < -0.39 is 46.8 Å². The van der Waals surface area contributed by atoms with Gasteiger partial charge in [0, 0.05) is 94.6 Å². The van der Waals surface area contributed by atoms with Crippen molar-refractivity contribution in [2.75, 3.05) is 48.7 Å². The molecular formula is C54H58ClF3N8O4. The number of aromatic nitrogens is 1. The first kappa shape index (κ1) is 50.8. The van der Waals surface area contributed by atoms with Crippen molar-refractivity contribution in [3.05, 3.63) is 152 Å². The molecule has 0 radical (unpaired) electrons. The predicted octanol–water partition coefficient (Wildman–Crippen LogP) is 8.16. The van der Waals surface area contributed by atoms with Crippen LogP contribution in [0.3, 0.4) is 0 Å². The standard InChI is InChI=1S/C48H45ClF3N7O4.C6H13N/c1-48(2)37-14-11-32(25-42(37)59(47(48)63)28-36-38(49)6-5-7-39(36)50)45(61)57-27-35-40(51)22-30(23-41(35)52)10-15-43(60)54-18-3-4-20-58-21-17-31-24-33(26-56-44(31)58)46(62)55-19-16-29-8-12-34(53)13-9-29;1-2-4-6-7-5-3-1/h5-9,11-14,17,21-25,56H,3-4,16,18-20,26-28,53H2,1-2H3,(H,54,60)(H,55,62)(H,57,61);7H,1-6H2. The van der Waals surface area contributed by atoms with Crippen molar-refractivity contribution in [2.24, 2.45) is 0 Å². The molecule has 0 aliphatic carbocycles. The fourth-order valence-electron chi connectivity index (χ4n) is 8.54. The number of nitrogens with one attached hydrogen (secondary N) is 5. The van der Waals surface area contributed by atoms with Crippen molar-refractivity contribution in [1.82, 2.24) is 25.8 Å². The third-order valence-corrected chi connectivity index (χ3v) is 12.9. The Labute approximate surface area is 411 Å². The van der Waals surface area contributed by atoms with E-state index in [0.29, 0.717) is 61.5 Å². The number of carbonyl (C=O) groups excluding carboxylic acids is 4. The summed E-state index contributed by atoms with van der Waals surface area (Å²) in [5.41, 5.74) is 8.92. The lowest BCUT2D eigenvalue weighted by Crippen LogP contribution is -2.36. The highest BCUT2D eigenvalue weighted by molar-refractivity contribution is 6.31. The Kier molecular flexibility index (Phi) is 17.1. The highest BCUT2D eigenvalue weighted by Crippen LogP contribution is 2.43. The van der Waals surface area contributed by atoms with Gasteiger partial charge in [-0.05, 0) is 131 Å². The van der Waals surface area contributed by atoms with Crippen LogP contribution in [0.15, 0.2) is 90.6 Å². The van der Waals surface area contributed by atoms with E-state index in [0.717, 1.165) is 35.5 Å². The first-order chi connectivity index (χ1) is 33.7. The van der Waals surface area contributed by atoms with Crippen molar-refractivity contribution in [3.8, 4) is 11.8 Å². The maximum atomic E-state index is 15.1. The molecule has 4 amide bonds. The van der Waals surface area contributed by atoms with Gasteiger partial charge >= 0.3 is 0 Å². The molecule has 0 atom stereocenters. The average Bonchev–Trinajstić information content (AvgIpc) is 3.62. The minimum absolute atomic E-state index is 0.0612. The highest BCUT2D eigenvalue weighted by Gasteiger charge is 2.44. The van der Waals surface area contributed by atoms with E-state index >= 15 is 8.78 Å². The van der Waals surface area contributed by atoms with Gasteiger partial charge in [-0.15, -0.1) is 0 Å². The summed E-state index contributed by atoms with van der Waals surface area (Å²) in [7, 11) is 0. The summed E-state index contributed by atoms with van der Waals surface area (Å²) >= 11 is 6.25. The number of hydrogen-bond acceptors (Lipinski definition) is 7. The Morgan fingerprint density at radius 1 is 0.829 bits per heavy atom. The molecule has 70 heavy (non-hydrogen) atoms. The van der Waals surface area contributed by atoms with E-state index in [2.05, 4.69) is 43.0 Å². The predicted molar refractivity (Wildman–Crippen MR) is 269 cm³/mol. The van der Waals surface area contributed by atoms with Crippen LogP contribution in [0.25, 0.3) is 6.08 Å². The smallest absolute Gasteiger partial charge is 0.296 e. The van der Waals surface area contributed by atoms with Crippen molar-refractivity contribution in [3.63, 3.8) is 0 Å². The number of nitrogens with zero attached hydrogens (tertiary/aromatic N) is 2. The largest absolute Gasteiger partial charge is 0.399 e. The summed E-state index contributed by atoms with van der Waals surface area (Å²) in [6, 6.07) is 20.3. The van der Waals surface area contributed by atoms with Gasteiger partial charge < -0.3 is 41.8 Å². The molecule has 0 spiro atoms. The number of hydrogen-bond donors (Lipinski definition) is 6. The van der Waals surface area contributed by atoms with Crippen LogP contribution in [0.4, 0.5) is 30.4 Å². The molecule has 12 nitrogen and oxygen atoms in total. The molecular weight excluding hydrogens is 917 g/mol. The lowest BCUT2D eigenvalue weighted by molar-refractivity contribution is -0.122. The summed E-state index contributed by atoms with van der Waals surface area (Å²) < 4.78 is 47.0. The molecule has 8 rings (SSSR count). The zero-order valence-electron chi connectivity index (χ0n) is 39.4. The van der Waals surface area contributed by atoms with Crippen LogP contribution < -0.4 is 37.2 Å². The number of halogens is 4. The molecule has 4 aromatic carbocycles. The Bertz CT molecular complexity index is 2770. The molecule has 7 N–H and O–H groups in total. The van der Waals surface area contributed by atoms with Crippen LogP contribution in [0.5, 0.6) is 0 Å². The Balaban J connectivity index is 0.000000947. The summed E-state index contributed by atoms with van der Waals surface area (Å²) in [5, 5.41) is 15.0. The molecule has 16 heteroatoms. The topological polar surface area (TPSA) is 163 Å². The van der Waals surface area contributed by atoms with Crippen LogP contribution in [0.2, 0.25) is 5.02 Å². The number of unbranched alkanes of at least 4 members (excludes halogenated alkanes) is 1. The average molecular weight is 976 g/mol. The fourth-order valence-corrected chi connectivity index (χ4v) is 8.76. The number of nitrogens with two attached hydrogens (primary N) is 1. The molecule has 0 unspecified atom stereocenters. The van der Waals surface area contributed by atoms with Gasteiger partial charge in [0.2, 0.25) is 11.8 Å². The summed E-state index contributed by atoms with van der Waals surface area (Å²) in [6.07, 6.45) is 11.6. The van der Waals surface area contributed by atoms with Crippen LogP contribution in [-0.4, -0.2) is 60.9 Å². The number of benzene rings is 4. The molecule has 5 aromatic rings. The fraction of sp³-hybridized carbons (Fsp3) is 0.333. The van der Waals surface area contributed by atoms with Crippen LogP contribution in [-0.2, 0) is 45.9 Å². The number of amides is 4. The Morgan fingerprint density at radius 2 is 1.57 bits per heavy atom. The SMILES string of the molecule is C1CCCNCC1.CC1(C)C(=O)N(Cc2c(F)cccc2Cl)c2cc(C(=O)NCc3c(F)cc(C#CC(=O)NCCCCn4ccc5c4NCC(C(=O)NCCc4ccc(N)cc4)=C5)cc3F)ccc21. The van der Waals surface area contributed by atoms with E-state index in [1.165, 1.54) is 74.0 Å². The molecule has 1 saturated heterocycles. The lowest BCUT2D eigenvalue weighted by atomic mass is 9.86. The van der Waals surface area contributed by atoms with Gasteiger partial charge in [0.1, 0.15) is 23.3 Å². The third-order valence-electron chi connectivity index (χ3n) is 12.6. The van der Waals surface area contributed by atoms with Gasteiger partial charge in [0.25, 0.3) is 11.8 Å². The van der Waals surface area contributed by atoms with Crippen LogP contribution in [0, 0.1) is 29.3 Å². The van der Waals surface area contributed by atoms with E-state index in [1.807, 2.05) is 42.6 Å². The summed E-state index contributed by atoms with van der Waals surface area (Å²) in [5.74, 6) is 1.58. The Hall–Kier alpha value is -7.02. The monoisotopic (exact) mass is 974 g/mol. The van der Waals surface area contributed by atoms with Crippen molar-refractivity contribution < 1.29 is 32.3 Å². The number of nitrogen functional groups attached to an aromatic ring is 1. The first-order valence-electron chi connectivity index (χ1n) is 23.6. The van der Waals surface area contributed by atoms with Gasteiger partial charge in [-0.2, -0.15) is 0 Å². The molecule has 366 valence electrons. The summed E-state index contributed by atoms with van der Waals surface area (Å²) in [6.45, 7) is 7.21. The molecule has 0 bridgehead atoms. The minimum atomic E-state index is -0.962. The van der Waals surface area contributed by atoms with Crippen molar-refractivity contribution in [2.45, 2.75) is 83.8 Å². The molecule has 3 aliphatic rings. The molecule has 1 fully saturated rings. The van der Waals surface area contributed by atoms with Crippen LogP contribution in [0.1, 0.15) is 96.1 Å². The molecule has 0 saturated carbocycles. The lowest BCUT2D eigenvalue weighted by Gasteiger charge is -2.21. The Morgan fingerprint density at radius 3 is 2.30 bits per heavy atom. The zero-order chi connectivity index (χ0) is 49.8. The van der Waals surface area contributed by atoms with Gasteiger partial charge in [0.15, 0.2) is 0 Å². The van der Waals surface area contributed by atoms with Gasteiger partial charge in [-0.3, -0.25) is 19.2 Å². The molecule has 1 aromatic heterocycles. The van der Waals surface area contributed by atoms with E-state index in [9.17, 15) is 23.6 Å². The van der Waals surface area contributed by atoms with E-state index in [4.69, 9.17) is 17.3 Å². The number of aryl methyl sites for hydroxylation is 1. The number of carbonyl (C=O) groups is 4. The van der Waals surface area contributed by atoms with E-state index in [-0.39, 0.29) is 40.1 Å². The second-order valence-corrected chi connectivity index (χ2v) is 18.4. The number of rotatable bonds is 14. The highest BCUT2D eigenvalue weighted by atomic mass is 35.5. The summed E-state index contributed by atoms with van der Waals surface area (Å²) in [4.78, 5) is 53.2. The second-order valence-electron chi connectivity index (χ2n) is 18.0. The molecule has 4 heterocycles. The number of fused-ring (bicyclic) bond motifs is 2. The maximum absolute atomic E-state index is 15.1. The quantitative estimate of drug-likeness (QED) is 0.0372. The van der Waals surface area contributed by atoms with Crippen molar-refractivity contribution >= 4 is 58.5 Å². The van der Waals surface area contributed by atoms with Crippen LogP contribution >= 0.6 is 11.6 Å². The zero-order valence-corrected chi connectivity index (χ0v) is 40.1. The maximum Gasteiger partial charge on any atom is 0.296 e. The van der Waals surface area contributed by atoms with Gasteiger partial charge in [-0.1, -0.05) is 54.6 Å². The molecule has 3 aliphatic heterocycles. The van der Waals surface area contributed by atoms with Gasteiger partial charge in [-0.25, -0.2) is 13.2 Å².